The number of nitrogens with one attached hydrogen (secondary N) is 1. The van der Waals surface area contributed by atoms with Crippen molar-refractivity contribution in [2.45, 2.75) is 46.1 Å². The maximum absolute atomic E-state index is 3.68. The van der Waals surface area contributed by atoms with Crippen molar-refractivity contribution in [1.29, 1.82) is 0 Å². The van der Waals surface area contributed by atoms with Crippen LogP contribution in [0.1, 0.15) is 40.0 Å². The van der Waals surface area contributed by atoms with Crippen molar-refractivity contribution in [3.63, 3.8) is 0 Å². The van der Waals surface area contributed by atoms with Crippen LogP contribution in [0.3, 0.4) is 0 Å². The van der Waals surface area contributed by atoms with Crippen molar-refractivity contribution in [1.82, 2.24) is 5.32 Å². The lowest BCUT2D eigenvalue weighted by molar-refractivity contribution is 0.197. The summed E-state index contributed by atoms with van der Waals surface area (Å²) in [5.41, 5.74) is 0.511. The van der Waals surface area contributed by atoms with Crippen LogP contribution < -0.4 is 5.32 Å². The van der Waals surface area contributed by atoms with E-state index in [0.717, 1.165) is 17.9 Å². The summed E-state index contributed by atoms with van der Waals surface area (Å²) in [7, 11) is 0. The standard InChI is InChI=1S/C11H21N/c1-11(2,3)9-7-12-10-6-4-5-8(9)10/h8-10,12H,4-7H2,1-3H3. The molecule has 1 aliphatic heterocycles. The fraction of sp³-hybridized carbons (Fsp3) is 1.00. The first-order chi connectivity index (χ1) is 5.59. The lowest BCUT2D eigenvalue weighted by Gasteiger charge is -2.31. The van der Waals surface area contributed by atoms with E-state index in [1.54, 1.807) is 0 Å². The minimum absolute atomic E-state index is 0.511. The van der Waals surface area contributed by atoms with Gasteiger partial charge in [0.1, 0.15) is 0 Å². The summed E-state index contributed by atoms with van der Waals surface area (Å²) < 4.78 is 0. The summed E-state index contributed by atoms with van der Waals surface area (Å²) in [4.78, 5) is 0. The second kappa shape index (κ2) is 2.73. The predicted octanol–water partition coefficient (Wildman–Crippen LogP) is 2.42. The molecular weight excluding hydrogens is 146 g/mol. The lowest BCUT2D eigenvalue weighted by atomic mass is 9.74. The molecule has 1 nitrogen and oxygen atoms in total. The largest absolute Gasteiger partial charge is 0.313 e. The average Bonchev–Trinajstić information content (AvgIpc) is 2.37. The predicted molar refractivity (Wildman–Crippen MR) is 52.1 cm³/mol. The molecule has 0 aromatic rings. The Labute approximate surface area is 75.9 Å². The van der Waals surface area contributed by atoms with E-state index in [-0.39, 0.29) is 0 Å². The minimum Gasteiger partial charge on any atom is -0.313 e. The summed E-state index contributed by atoms with van der Waals surface area (Å²) >= 11 is 0. The first-order valence-corrected chi connectivity index (χ1v) is 5.32. The van der Waals surface area contributed by atoms with Gasteiger partial charge in [-0.25, -0.2) is 0 Å². The summed E-state index contributed by atoms with van der Waals surface area (Å²) in [5, 5.41) is 3.68. The smallest absolute Gasteiger partial charge is 0.00987 e. The lowest BCUT2D eigenvalue weighted by Crippen LogP contribution is -2.27. The Morgan fingerprint density at radius 2 is 1.92 bits per heavy atom. The third-order valence-electron chi connectivity index (χ3n) is 3.80. The normalized spacial score (nSPS) is 41.8. The van der Waals surface area contributed by atoms with Crippen LogP contribution in [0.25, 0.3) is 0 Å². The molecule has 0 aromatic heterocycles. The minimum atomic E-state index is 0.511. The summed E-state index contributed by atoms with van der Waals surface area (Å²) in [6.45, 7) is 8.43. The monoisotopic (exact) mass is 167 g/mol. The third-order valence-corrected chi connectivity index (χ3v) is 3.80. The van der Waals surface area contributed by atoms with E-state index in [4.69, 9.17) is 0 Å². The number of hydrogen-bond acceptors (Lipinski definition) is 1. The van der Waals surface area contributed by atoms with Gasteiger partial charge in [0.05, 0.1) is 0 Å². The van der Waals surface area contributed by atoms with Crippen LogP contribution in [-0.2, 0) is 0 Å². The highest BCUT2D eigenvalue weighted by Crippen LogP contribution is 2.44. The summed E-state index contributed by atoms with van der Waals surface area (Å²) in [5.74, 6) is 1.91. The van der Waals surface area contributed by atoms with Crippen LogP contribution in [0.2, 0.25) is 0 Å². The van der Waals surface area contributed by atoms with Crippen molar-refractivity contribution in [3.05, 3.63) is 0 Å². The molecule has 1 aliphatic carbocycles. The maximum atomic E-state index is 3.68. The van der Waals surface area contributed by atoms with Gasteiger partial charge in [0.15, 0.2) is 0 Å². The highest BCUT2D eigenvalue weighted by atomic mass is 15.0. The zero-order chi connectivity index (χ0) is 8.77. The van der Waals surface area contributed by atoms with E-state index in [9.17, 15) is 0 Å². The van der Waals surface area contributed by atoms with Gasteiger partial charge < -0.3 is 5.32 Å². The molecule has 2 fully saturated rings. The van der Waals surface area contributed by atoms with Crippen molar-refractivity contribution >= 4 is 0 Å². The second-order valence-corrected chi connectivity index (χ2v) is 5.58. The fourth-order valence-corrected chi connectivity index (χ4v) is 3.10. The first-order valence-electron chi connectivity index (χ1n) is 5.32. The van der Waals surface area contributed by atoms with E-state index < -0.39 is 0 Å². The zero-order valence-electron chi connectivity index (χ0n) is 8.56. The van der Waals surface area contributed by atoms with E-state index >= 15 is 0 Å². The van der Waals surface area contributed by atoms with Crippen LogP contribution >= 0.6 is 0 Å². The van der Waals surface area contributed by atoms with E-state index in [0.29, 0.717) is 5.41 Å². The number of fused-ring (bicyclic) bond motifs is 1. The van der Waals surface area contributed by atoms with Gasteiger partial charge in [-0.3, -0.25) is 0 Å². The molecule has 0 amide bonds. The van der Waals surface area contributed by atoms with E-state index in [1.807, 2.05) is 0 Å². The molecule has 1 N–H and O–H groups in total. The Hall–Kier alpha value is -0.0400. The highest BCUT2D eigenvalue weighted by Gasteiger charge is 2.43. The first kappa shape index (κ1) is 8.55. The molecule has 1 heterocycles. The van der Waals surface area contributed by atoms with Gasteiger partial charge in [0, 0.05) is 6.04 Å². The van der Waals surface area contributed by atoms with Crippen LogP contribution in [-0.4, -0.2) is 12.6 Å². The molecule has 0 radical (unpaired) electrons. The van der Waals surface area contributed by atoms with Gasteiger partial charge >= 0.3 is 0 Å². The molecule has 1 saturated carbocycles. The molecule has 70 valence electrons. The Kier molecular flexibility index (Phi) is 1.95. The van der Waals surface area contributed by atoms with Gasteiger partial charge in [-0.1, -0.05) is 27.2 Å². The molecule has 0 bridgehead atoms. The average molecular weight is 167 g/mol. The quantitative estimate of drug-likeness (QED) is 0.584. The third kappa shape index (κ3) is 1.28. The van der Waals surface area contributed by atoms with Crippen molar-refractivity contribution in [2.24, 2.45) is 17.3 Å². The van der Waals surface area contributed by atoms with Crippen LogP contribution in [0, 0.1) is 17.3 Å². The molecule has 12 heavy (non-hydrogen) atoms. The van der Waals surface area contributed by atoms with Crippen molar-refractivity contribution < 1.29 is 0 Å². The number of hydrogen-bond donors (Lipinski definition) is 1. The fourth-order valence-electron chi connectivity index (χ4n) is 3.10. The van der Waals surface area contributed by atoms with Crippen molar-refractivity contribution in [3.8, 4) is 0 Å². The Bertz CT molecular complexity index is 168. The Morgan fingerprint density at radius 3 is 2.58 bits per heavy atom. The van der Waals surface area contributed by atoms with Gasteiger partial charge in [0.2, 0.25) is 0 Å². The molecule has 3 atom stereocenters. The molecule has 0 spiro atoms. The molecule has 2 rings (SSSR count). The van der Waals surface area contributed by atoms with Crippen molar-refractivity contribution in [2.75, 3.05) is 6.54 Å². The molecule has 3 unspecified atom stereocenters. The van der Waals surface area contributed by atoms with Crippen LogP contribution in [0.15, 0.2) is 0 Å². The summed E-state index contributed by atoms with van der Waals surface area (Å²) in [6, 6.07) is 0.870. The van der Waals surface area contributed by atoms with Crippen LogP contribution in [0.4, 0.5) is 0 Å². The van der Waals surface area contributed by atoms with Gasteiger partial charge in [-0.15, -0.1) is 0 Å². The highest BCUT2D eigenvalue weighted by molar-refractivity contribution is 4.98. The number of rotatable bonds is 0. The zero-order valence-corrected chi connectivity index (χ0v) is 8.56. The Morgan fingerprint density at radius 1 is 1.17 bits per heavy atom. The molecular formula is C11H21N. The van der Waals surface area contributed by atoms with Gasteiger partial charge in [-0.2, -0.15) is 0 Å². The second-order valence-electron chi connectivity index (χ2n) is 5.58. The van der Waals surface area contributed by atoms with Crippen LogP contribution in [0.5, 0.6) is 0 Å². The van der Waals surface area contributed by atoms with Gasteiger partial charge in [0.25, 0.3) is 0 Å². The maximum Gasteiger partial charge on any atom is 0.00987 e. The molecule has 0 aromatic carbocycles. The Balaban J connectivity index is 2.09. The van der Waals surface area contributed by atoms with Gasteiger partial charge in [-0.05, 0) is 36.6 Å². The van der Waals surface area contributed by atoms with E-state index in [2.05, 4.69) is 26.1 Å². The van der Waals surface area contributed by atoms with E-state index in [1.165, 1.54) is 25.8 Å². The summed E-state index contributed by atoms with van der Waals surface area (Å²) in [6.07, 6.45) is 4.35. The topological polar surface area (TPSA) is 12.0 Å². The molecule has 1 saturated heterocycles. The molecule has 1 heteroatoms. The molecule has 2 aliphatic rings. The SMILES string of the molecule is CC(C)(C)C1CNC2CCCC21.